The molecule has 23 heavy (non-hydrogen) atoms. The van der Waals surface area contributed by atoms with E-state index in [0.29, 0.717) is 12.5 Å². The number of likely N-dealkylation sites (tertiary alicyclic amines) is 1. The fourth-order valence-corrected chi connectivity index (χ4v) is 3.99. The summed E-state index contributed by atoms with van der Waals surface area (Å²) in [7, 11) is 3.78. The van der Waals surface area contributed by atoms with Crippen molar-refractivity contribution in [3.05, 3.63) is 18.0 Å². The highest BCUT2D eigenvalue weighted by atomic mass is 16.3. The van der Waals surface area contributed by atoms with E-state index in [2.05, 4.69) is 5.10 Å². The monoisotopic (exact) mass is 320 g/mol. The Morgan fingerprint density at radius 1 is 1.39 bits per heavy atom. The summed E-state index contributed by atoms with van der Waals surface area (Å²) in [5.74, 6) is 0. The van der Waals surface area contributed by atoms with Crippen LogP contribution in [0.5, 0.6) is 0 Å². The van der Waals surface area contributed by atoms with Gasteiger partial charge < -0.3 is 14.9 Å². The average Bonchev–Trinajstić information content (AvgIpc) is 3.26. The second-order valence-electron chi connectivity index (χ2n) is 7.02. The summed E-state index contributed by atoms with van der Waals surface area (Å²) < 4.78 is 1.70. The molecule has 6 heteroatoms. The van der Waals surface area contributed by atoms with Gasteiger partial charge in [-0.15, -0.1) is 0 Å². The van der Waals surface area contributed by atoms with Crippen molar-refractivity contribution in [1.82, 2.24) is 19.6 Å². The fourth-order valence-electron chi connectivity index (χ4n) is 3.99. The van der Waals surface area contributed by atoms with Crippen LogP contribution in [0.3, 0.4) is 0 Å². The predicted octanol–water partition coefficient (Wildman–Crippen LogP) is 2.30. The number of carbonyl (C=O) groups is 1. The van der Waals surface area contributed by atoms with Crippen LogP contribution in [0.1, 0.15) is 56.6 Å². The van der Waals surface area contributed by atoms with Crippen LogP contribution in [-0.2, 0) is 7.05 Å². The minimum atomic E-state index is -0.557. The molecular formula is C17H28N4O2. The molecular weight excluding hydrogens is 292 g/mol. The molecule has 2 fully saturated rings. The van der Waals surface area contributed by atoms with E-state index < -0.39 is 6.10 Å². The minimum Gasteiger partial charge on any atom is -0.388 e. The van der Waals surface area contributed by atoms with E-state index in [0.717, 1.165) is 37.8 Å². The summed E-state index contributed by atoms with van der Waals surface area (Å²) in [6.07, 6.45) is 10.3. The van der Waals surface area contributed by atoms with Crippen LogP contribution in [0.15, 0.2) is 12.4 Å². The maximum absolute atomic E-state index is 12.8. The van der Waals surface area contributed by atoms with Crippen LogP contribution in [0.4, 0.5) is 4.79 Å². The molecule has 1 aromatic heterocycles. The Bertz CT molecular complexity index is 538. The van der Waals surface area contributed by atoms with Gasteiger partial charge in [-0.1, -0.05) is 12.8 Å². The highest BCUT2D eigenvalue weighted by molar-refractivity contribution is 5.75. The van der Waals surface area contributed by atoms with Crippen LogP contribution < -0.4 is 0 Å². The maximum Gasteiger partial charge on any atom is 0.320 e. The van der Waals surface area contributed by atoms with Gasteiger partial charge in [0, 0.05) is 44.5 Å². The molecule has 1 aliphatic heterocycles. The van der Waals surface area contributed by atoms with Gasteiger partial charge in [-0.3, -0.25) is 4.68 Å². The third-order valence-electron chi connectivity index (χ3n) is 5.40. The van der Waals surface area contributed by atoms with Gasteiger partial charge in [0.2, 0.25) is 0 Å². The van der Waals surface area contributed by atoms with E-state index >= 15 is 0 Å². The Balaban J connectivity index is 1.61. The first-order valence-electron chi connectivity index (χ1n) is 8.76. The Morgan fingerprint density at radius 3 is 2.78 bits per heavy atom. The van der Waals surface area contributed by atoms with Gasteiger partial charge in [-0.25, -0.2) is 4.79 Å². The maximum atomic E-state index is 12.8. The smallest absolute Gasteiger partial charge is 0.320 e. The lowest BCUT2D eigenvalue weighted by Gasteiger charge is -2.33. The zero-order valence-electron chi connectivity index (χ0n) is 14.2. The van der Waals surface area contributed by atoms with Gasteiger partial charge in [0.05, 0.1) is 12.3 Å². The molecule has 0 bridgehead atoms. The number of rotatable bonds is 4. The number of urea groups is 1. The number of hydrogen-bond donors (Lipinski definition) is 1. The van der Waals surface area contributed by atoms with Crippen LogP contribution in [0.25, 0.3) is 0 Å². The molecule has 0 unspecified atom stereocenters. The zero-order valence-corrected chi connectivity index (χ0v) is 14.2. The number of aryl methyl sites for hydroxylation is 1. The molecule has 3 rings (SSSR count). The lowest BCUT2D eigenvalue weighted by atomic mass is 10.0. The number of amides is 2. The van der Waals surface area contributed by atoms with Crippen molar-refractivity contribution >= 4 is 6.03 Å². The number of aliphatic hydroxyl groups is 1. The average molecular weight is 320 g/mol. The Kier molecular flexibility index (Phi) is 4.90. The quantitative estimate of drug-likeness (QED) is 0.926. The van der Waals surface area contributed by atoms with Crippen molar-refractivity contribution < 1.29 is 9.90 Å². The third-order valence-corrected chi connectivity index (χ3v) is 5.40. The molecule has 0 aromatic carbocycles. The molecule has 1 N–H and O–H groups in total. The number of hydrogen-bond acceptors (Lipinski definition) is 3. The van der Waals surface area contributed by atoms with E-state index in [4.69, 9.17) is 0 Å². The summed E-state index contributed by atoms with van der Waals surface area (Å²) in [6, 6.07) is 0.659. The highest BCUT2D eigenvalue weighted by Crippen LogP contribution is 2.30. The first-order chi connectivity index (χ1) is 11.1. The van der Waals surface area contributed by atoms with Crippen LogP contribution >= 0.6 is 0 Å². The summed E-state index contributed by atoms with van der Waals surface area (Å²) in [5, 5.41) is 14.6. The topological polar surface area (TPSA) is 61.6 Å². The molecule has 2 atom stereocenters. The number of aromatic nitrogens is 2. The standard InChI is InChI=1S/C17H28N4O2/c1-19-12-13(11-18-19)16(22)10-15-8-5-9-21(15)17(23)20(2)14-6-3-4-7-14/h11-12,14-16,22H,3-10H2,1-2H3/t15-,16-/m1/s1. The summed E-state index contributed by atoms with van der Waals surface area (Å²) in [5.41, 5.74) is 0.830. The normalized spacial score (nSPS) is 23.4. The SMILES string of the molecule is CN(C(=O)N1CCC[C@@H]1C[C@@H](O)c1cnn(C)c1)C1CCCC1. The van der Waals surface area contributed by atoms with Gasteiger partial charge in [-0.05, 0) is 32.1 Å². The van der Waals surface area contributed by atoms with Gasteiger partial charge in [0.1, 0.15) is 0 Å². The first-order valence-corrected chi connectivity index (χ1v) is 8.76. The predicted molar refractivity (Wildman–Crippen MR) is 87.9 cm³/mol. The Labute approximate surface area is 138 Å². The van der Waals surface area contributed by atoms with Crippen LogP contribution in [0.2, 0.25) is 0 Å². The fraction of sp³-hybridized carbons (Fsp3) is 0.765. The molecule has 1 aromatic rings. The van der Waals surface area contributed by atoms with Gasteiger partial charge in [-0.2, -0.15) is 5.10 Å². The lowest BCUT2D eigenvalue weighted by Crippen LogP contribution is -2.47. The van der Waals surface area contributed by atoms with E-state index in [1.807, 2.05) is 30.1 Å². The number of carbonyl (C=O) groups excluding carboxylic acids is 1. The molecule has 0 spiro atoms. The summed E-state index contributed by atoms with van der Waals surface area (Å²) in [4.78, 5) is 16.7. The van der Waals surface area contributed by atoms with Crippen molar-refractivity contribution in [3.63, 3.8) is 0 Å². The molecule has 1 aliphatic carbocycles. The zero-order chi connectivity index (χ0) is 16.4. The summed E-state index contributed by atoms with van der Waals surface area (Å²) >= 11 is 0. The number of aliphatic hydroxyl groups excluding tert-OH is 1. The van der Waals surface area contributed by atoms with E-state index in [-0.39, 0.29) is 12.1 Å². The van der Waals surface area contributed by atoms with Crippen molar-refractivity contribution in [2.75, 3.05) is 13.6 Å². The molecule has 6 nitrogen and oxygen atoms in total. The van der Waals surface area contributed by atoms with Crippen molar-refractivity contribution in [2.45, 2.75) is 63.1 Å². The molecule has 1 saturated carbocycles. The molecule has 0 radical (unpaired) electrons. The Hall–Kier alpha value is -1.56. The second-order valence-corrected chi connectivity index (χ2v) is 7.02. The summed E-state index contributed by atoms with van der Waals surface area (Å²) in [6.45, 7) is 0.806. The van der Waals surface area contributed by atoms with Crippen molar-refractivity contribution in [3.8, 4) is 0 Å². The van der Waals surface area contributed by atoms with Gasteiger partial charge in [0.25, 0.3) is 0 Å². The van der Waals surface area contributed by atoms with Crippen molar-refractivity contribution in [2.24, 2.45) is 7.05 Å². The van der Waals surface area contributed by atoms with Crippen LogP contribution in [0, 0.1) is 0 Å². The molecule has 2 aliphatic rings. The lowest BCUT2D eigenvalue weighted by molar-refractivity contribution is 0.108. The van der Waals surface area contributed by atoms with Gasteiger partial charge >= 0.3 is 6.03 Å². The van der Waals surface area contributed by atoms with E-state index in [1.165, 1.54) is 12.8 Å². The highest BCUT2D eigenvalue weighted by Gasteiger charge is 2.34. The van der Waals surface area contributed by atoms with E-state index in [9.17, 15) is 9.90 Å². The number of nitrogens with zero attached hydrogens (tertiary/aromatic N) is 4. The molecule has 128 valence electrons. The molecule has 2 heterocycles. The third kappa shape index (κ3) is 3.52. The Morgan fingerprint density at radius 2 is 2.13 bits per heavy atom. The first kappa shape index (κ1) is 16.3. The van der Waals surface area contributed by atoms with Gasteiger partial charge in [0.15, 0.2) is 0 Å². The minimum absolute atomic E-state index is 0.126. The largest absolute Gasteiger partial charge is 0.388 e. The van der Waals surface area contributed by atoms with Crippen LogP contribution in [-0.4, -0.2) is 56.4 Å². The van der Waals surface area contributed by atoms with Crippen molar-refractivity contribution in [1.29, 1.82) is 0 Å². The van der Waals surface area contributed by atoms with E-state index in [1.54, 1.807) is 10.9 Å². The molecule has 1 saturated heterocycles. The molecule has 2 amide bonds. The second kappa shape index (κ2) is 6.91.